The lowest BCUT2D eigenvalue weighted by Crippen LogP contribution is -2.46. The molecule has 0 N–H and O–H groups in total. The summed E-state index contributed by atoms with van der Waals surface area (Å²) in [5.41, 5.74) is 1.48. The van der Waals surface area contributed by atoms with E-state index in [1.165, 1.54) is 4.70 Å². The summed E-state index contributed by atoms with van der Waals surface area (Å²) in [5.74, 6) is -1.50. The van der Waals surface area contributed by atoms with Gasteiger partial charge in [0.25, 0.3) is 0 Å². The third-order valence-electron chi connectivity index (χ3n) is 5.05. The quantitative estimate of drug-likeness (QED) is 0.673. The molecule has 4 rings (SSSR count). The Labute approximate surface area is 155 Å². The van der Waals surface area contributed by atoms with Crippen molar-refractivity contribution in [3.8, 4) is 0 Å². The van der Waals surface area contributed by atoms with Gasteiger partial charge < -0.3 is 0 Å². The highest BCUT2D eigenvalue weighted by atomic mass is 32.1. The van der Waals surface area contributed by atoms with E-state index in [1.54, 1.807) is 23.5 Å². The van der Waals surface area contributed by atoms with Crippen molar-refractivity contribution in [3.63, 3.8) is 0 Å². The monoisotopic (exact) mass is 373 g/mol. The lowest BCUT2D eigenvalue weighted by Gasteiger charge is -2.37. The first-order valence-electron chi connectivity index (χ1n) is 8.86. The van der Waals surface area contributed by atoms with Crippen LogP contribution in [0, 0.1) is 11.6 Å². The molecule has 26 heavy (non-hydrogen) atoms. The van der Waals surface area contributed by atoms with Crippen LogP contribution in [-0.2, 0) is 6.54 Å². The van der Waals surface area contributed by atoms with E-state index in [4.69, 9.17) is 4.98 Å². The molecule has 3 nitrogen and oxygen atoms in total. The lowest BCUT2D eigenvalue weighted by atomic mass is 10.1. The zero-order chi connectivity index (χ0) is 18.1. The standard InChI is InChI=1S/C20H21F2N3S/c1-14(20-23-17-7-2-3-8-18(17)26-20)25-11-9-24(10-12-25)13-15-5-4-6-16(21)19(15)22/h2-8,14H,9-13H2,1H3. The van der Waals surface area contributed by atoms with E-state index in [-0.39, 0.29) is 6.04 Å². The molecule has 6 heteroatoms. The predicted octanol–water partition coefficient (Wildman–Crippen LogP) is 4.45. The van der Waals surface area contributed by atoms with Gasteiger partial charge in [-0.05, 0) is 25.1 Å². The van der Waals surface area contributed by atoms with Gasteiger partial charge in [-0.2, -0.15) is 0 Å². The minimum Gasteiger partial charge on any atom is -0.296 e. The van der Waals surface area contributed by atoms with E-state index in [9.17, 15) is 8.78 Å². The summed E-state index contributed by atoms with van der Waals surface area (Å²) in [5, 5.41) is 1.14. The van der Waals surface area contributed by atoms with Gasteiger partial charge in [0.2, 0.25) is 0 Å². The summed E-state index contributed by atoms with van der Waals surface area (Å²) in [6.07, 6.45) is 0. The highest BCUT2D eigenvalue weighted by Gasteiger charge is 2.24. The number of para-hydroxylation sites is 1. The van der Waals surface area contributed by atoms with Crippen LogP contribution in [0.1, 0.15) is 23.5 Å². The molecule has 0 spiro atoms. The van der Waals surface area contributed by atoms with Gasteiger partial charge >= 0.3 is 0 Å². The van der Waals surface area contributed by atoms with E-state index in [0.717, 1.165) is 42.8 Å². The van der Waals surface area contributed by atoms with Crippen LogP contribution >= 0.6 is 11.3 Å². The van der Waals surface area contributed by atoms with Crippen LogP contribution in [-0.4, -0.2) is 41.0 Å². The molecule has 0 saturated carbocycles. The molecule has 3 aromatic rings. The summed E-state index contributed by atoms with van der Waals surface area (Å²) in [4.78, 5) is 9.36. The molecule has 0 amide bonds. The SMILES string of the molecule is CC(c1nc2ccccc2s1)N1CCN(Cc2cccc(F)c2F)CC1. The predicted molar refractivity (Wildman–Crippen MR) is 101 cm³/mol. The molecule has 1 aromatic heterocycles. The van der Waals surface area contributed by atoms with Crippen LogP contribution in [0.4, 0.5) is 8.78 Å². The molecular formula is C20H21F2N3S. The average molecular weight is 373 g/mol. The number of aromatic nitrogens is 1. The van der Waals surface area contributed by atoms with Gasteiger partial charge in [0.15, 0.2) is 11.6 Å². The maximum Gasteiger partial charge on any atom is 0.163 e. The Morgan fingerprint density at radius 2 is 1.81 bits per heavy atom. The van der Waals surface area contributed by atoms with Crippen LogP contribution in [0.5, 0.6) is 0 Å². The molecule has 136 valence electrons. The molecule has 2 aromatic carbocycles. The number of piperazine rings is 1. The first-order valence-corrected chi connectivity index (χ1v) is 9.68. The maximum absolute atomic E-state index is 13.9. The molecule has 0 bridgehead atoms. The smallest absolute Gasteiger partial charge is 0.163 e. The number of halogens is 2. The fourth-order valence-electron chi connectivity index (χ4n) is 3.45. The maximum atomic E-state index is 13.9. The van der Waals surface area contributed by atoms with Crippen molar-refractivity contribution in [3.05, 3.63) is 64.7 Å². The Kier molecular flexibility index (Phi) is 4.98. The molecule has 1 aliphatic heterocycles. The number of thiazole rings is 1. The summed E-state index contributed by atoms with van der Waals surface area (Å²) in [7, 11) is 0. The Bertz CT molecular complexity index is 870. The van der Waals surface area contributed by atoms with Gasteiger partial charge in [0.1, 0.15) is 5.01 Å². The number of nitrogens with zero attached hydrogens (tertiary/aromatic N) is 3. The van der Waals surface area contributed by atoms with Gasteiger partial charge in [0.05, 0.1) is 16.3 Å². The summed E-state index contributed by atoms with van der Waals surface area (Å²) in [6, 6.07) is 12.9. The van der Waals surface area contributed by atoms with E-state index in [2.05, 4.69) is 22.8 Å². The van der Waals surface area contributed by atoms with Crippen molar-refractivity contribution in [1.29, 1.82) is 0 Å². The van der Waals surface area contributed by atoms with Crippen molar-refractivity contribution in [2.75, 3.05) is 26.2 Å². The van der Waals surface area contributed by atoms with Crippen LogP contribution in [0.2, 0.25) is 0 Å². The van der Waals surface area contributed by atoms with E-state index >= 15 is 0 Å². The fraction of sp³-hybridized carbons (Fsp3) is 0.350. The second-order valence-electron chi connectivity index (χ2n) is 6.72. The number of benzene rings is 2. The molecular weight excluding hydrogens is 352 g/mol. The third-order valence-corrected chi connectivity index (χ3v) is 6.25. The van der Waals surface area contributed by atoms with Gasteiger partial charge in [0, 0.05) is 38.3 Å². The van der Waals surface area contributed by atoms with E-state index in [1.807, 2.05) is 18.2 Å². The number of hydrogen-bond acceptors (Lipinski definition) is 4. The van der Waals surface area contributed by atoms with Crippen LogP contribution in [0.3, 0.4) is 0 Å². The van der Waals surface area contributed by atoms with Crippen molar-refractivity contribution >= 4 is 21.6 Å². The molecule has 2 heterocycles. The summed E-state index contributed by atoms with van der Waals surface area (Å²) in [6.45, 7) is 6.12. The largest absolute Gasteiger partial charge is 0.296 e. The van der Waals surface area contributed by atoms with Crippen molar-refractivity contribution < 1.29 is 8.78 Å². The first-order chi connectivity index (χ1) is 12.6. The molecule has 0 radical (unpaired) electrons. The van der Waals surface area contributed by atoms with E-state index < -0.39 is 11.6 Å². The van der Waals surface area contributed by atoms with Gasteiger partial charge in [-0.3, -0.25) is 9.80 Å². The third kappa shape index (κ3) is 3.49. The summed E-state index contributed by atoms with van der Waals surface area (Å²) >= 11 is 1.75. The van der Waals surface area contributed by atoms with Crippen molar-refractivity contribution in [2.45, 2.75) is 19.5 Å². The molecule has 1 atom stereocenters. The van der Waals surface area contributed by atoms with Crippen LogP contribution in [0.15, 0.2) is 42.5 Å². The summed E-state index contributed by atoms with van der Waals surface area (Å²) < 4.78 is 28.5. The van der Waals surface area contributed by atoms with Gasteiger partial charge in [-0.1, -0.05) is 24.3 Å². The Balaban J connectivity index is 1.39. The van der Waals surface area contributed by atoms with Crippen molar-refractivity contribution in [1.82, 2.24) is 14.8 Å². The lowest BCUT2D eigenvalue weighted by molar-refractivity contribution is 0.0969. The van der Waals surface area contributed by atoms with E-state index in [0.29, 0.717) is 12.1 Å². The topological polar surface area (TPSA) is 19.4 Å². The zero-order valence-electron chi connectivity index (χ0n) is 14.7. The molecule has 1 aliphatic rings. The molecule has 1 fully saturated rings. The zero-order valence-corrected chi connectivity index (χ0v) is 15.5. The normalized spacial score (nSPS) is 17.7. The first kappa shape index (κ1) is 17.5. The average Bonchev–Trinajstić information content (AvgIpc) is 3.10. The second-order valence-corrected chi connectivity index (χ2v) is 7.78. The molecule has 0 aliphatic carbocycles. The van der Waals surface area contributed by atoms with Crippen LogP contribution in [0.25, 0.3) is 10.2 Å². The molecule has 1 unspecified atom stereocenters. The minimum absolute atomic E-state index is 0.264. The number of rotatable bonds is 4. The van der Waals surface area contributed by atoms with Crippen molar-refractivity contribution in [2.24, 2.45) is 0 Å². The number of hydrogen-bond donors (Lipinski definition) is 0. The molecule has 1 saturated heterocycles. The minimum atomic E-state index is -0.773. The Morgan fingerprint density at radius 3 is 2.58 bits per heavy atom. The highest BCUT2D eigenvalue weighted by molar-refractivity contribution is 7.18. The Morgan fingerprint density at radius 1 is 1.04 bits per heavy atom. The highest BCUT2D eigenvalue weighted by Crippen LogP contribution is 2.30. The fourth-order valence-corrected chi connectivity index (χ4v) is 4.50. The Hall–Kier alpha value is -1.89. The van der Waals surface area contributed by atoms with Gasteiger partial charge in [-0.25, -0.2) is 13.8 Å². The van der Waals surface area contributed by atoms with Crippen LogP contribution < -0.4 is 0 Å². The number of fused-ring (bicyclic) bond motifs is 1. The second kappa shape index (κ2) is 7.39. The van der Waals surface area contributed by atoms with Gasteiger partial charge in [-0.15, -0.1) is 11.3 Å².